The smallest absolute Gasteiger partial charge is 0.131 e. The maximum atomic E-state index is 10.4. The highest BCUT2D eigenvalue weighted by Gasteiger charge is 2.27. The summed E-state index contributed by atoms with van der Waals surface area (Å²) in [7, 11) is 0. The largest absolute Gasteiger partial charge is 0.508 e. The first-order valence-corrected chi connectivity index (χ1v) is 10.9. The molecule has 1 heterocycles. The molecule has 2 rings (SSSR count). The SMILES string of the molecule is CC(C)=CCCC(C)=C[C@H](O)CC(C)=CCC[C@]1(C)C=Cc2cc(O)cc(C)c2O1. The van der Waals surface area contributed by atoms with E-state index in [-0.39, 0.29) is 11.4 Å². The van der Waals surface area contributed by atoms with Crippen molar-refractivity contribution in [2.75, 3.05) is 0 Å². The zero-order valence-corrected chi connectivity index (χ0v) is 19.5. The van der Waals surface area contributed by atoms with Crippen molar-refractivity contribution in [2.45, 2.75) is 85.4 Å². The fourth-order valence-electron chi connectivity index (χ4n) is 3.79. The Kier molecular flexibility index (Phi) is 8.54. The Morgan fingerprint density at radius 2 is 1.83 bits per heavy atom. The molecule has 0 fully saturated rings. The van der Waals surface area contributed by atoms with Gasteiger partial charge in [-0.05, 0) is 97.4 Å². The molecule has 0 unspecified atom stereocenters. The Morgan fingerprint density at radius 3 is 2.53 bits per heavy atom. The van der Waals surface area contributed by atoms with E-state index in [1.54, 1.807) is 12.1 Å². The zero-order chi connectivity index (χ0) is 22.3. The zero-order valence-electron chi connectivity index (χ0n) is 19.5. The lowest BCUT2D eigenvalue weighted by Gasteiger charge is -2.32. The number of aryl methyl sites for hydroxylation is 1. The fraction of sp³-hybridized carbons (Fsp3) is 0.481. The van der Waals surface area contributed by atoms with E-state index in [1.807, 2.05) is 19.1 Å². The summed E-state index contributed by atoms with van der Waals surface area (Å²) >= 11 is 0. The summed E-state index contributed by atoms with van der Waals surface area (Å²) in [5.74, 6) is 1.11. The van der Waals surface area contributed by atoms with Crippen molar-refractivity contribution in [2.24, 2.45) is 0 Å². The summed E-state index contributed by atoms with van der Waals surface area (Å²) in [6, 6.07) is 3.47. The first-order chi connectivity index (χ1) is 14.1. The predicted octanol–water partition coefficient (Wildman–Crippen LogP) is 7.04. The Morgan fingerprint density at radius 1 is 1.10 bits per heavy atom. The number of aliphatic hydroxyl groups excluding tert-OH is 1. The average molecular weight is 411 g/mol. The maximum Gasteiger partial charge on any atom is 0.131 e. The van der Waals surface area contributed by atoms with Gasteiger partial charge in [-0.15, -0.1) is 0 Å². The third kappa shape index (κ3) is 7.53. The molecule has 0 amide bonds. The van der Waals surface area contributed by atoms with Gasteiger partial charge >= 0.3 is 0 Å². The van der Waals surface area contributed by atoms with Gasteiger partial charge in [-0.1, -0.05) is 41.0 Å². The molecule has 3 heteroatoms. The van der Waals surface area contributed by atoms with Crippen LogP contribution in [0.5, 0.6) is 11.5 Å². The molecule has 0 aliphatic carbocycles. The number of phenols is 1. The number of hydrogen-bond donors (Lipinski definition) is 2. The standard InChI is InChI=1S/C27H38O3/c1-19(2)9-7-10-20(3)15-24(28)16-21(4)11-8-13-27(6)14-12-23-18-25(29)17-22(5)26(23)30-27/h9,11-12,14-15,17-18,24,28-29H,7-8,10,13,16H2,1-6H3/t24-,27+/m0/s1. The molecule has 2 N–H and O–H groups in total. The number of aliphatic hydroxyl groups is 1. The van der Waals surface area contributed by atoms with Gasteiger partial charge in [0.15, 0.2) is 0 Å². The van der Waals surface area contributed by atoms with Crippen LogP contribution in [0.3, 0.4) is 0 Å². The summed E-state index contributed by atoms with van der Waals surface area (Å²) in [5.41, 5.74) is 5.27. The third-order valence-corrected chi connectivity index (χ3v) is 5.47. The number of aromatic hydroxyl groups is 1. The molecule has 30 heavy (non-hydrogen) atoms. The van der Waals surface area contributed by atoms with E-state index in [4.69, 9.17) is 4.74 Å². The van der Waals surface area contributed by atoms with Crippen molar-refractivity contribution >= 4 is 6.08 Å². The summed E-state index contributed by atoms with van der Waals surface area (Å²) in [5, 5.41) is 20.1. The molecule has 1 aliphatic heterocycles. The van der Waals surface area contributed by atoms with E-state index < -0.39 is 6.10 Å². The van der Waals surface area contributed by atoms with Gasteiger partial charge in [0.05, 0.1) is 6.10 Å². The van der Waals surface area contributed by atoms with Crippen LogP contribution in [0.2, 0.25) is 0 Å². The summed E-state index contributed by atoms with van der Waals surface area (Å²) in [4.78, 5) is 0. The van der Waals surface area contributed by atoms with E-state index in [0.717, 1.165) is 42.6 Å². The Labute approximate surface area is 182 Å². The van der Waals surface area contributed by atoms with Gasteiger partial charge in [0, 0.05) is 5.56 Å². The second-order valence-electron chi connectivity index (χ2n) is 9.12. The van der Waals surface area contributed by atoms with Gasteiger partial charge in [-0.3, -0.25) is 0 Å². The molecule has 1 aromatic carbocycles. The fourth-order valence-corrected chi connectivity index (χ4v) is 3.79. The minimum Gasteiger partial charge on any atom is -0.508 e. The number of hydrogen-bond acceptors (Lipinski definition) is 3. The van der Waals surface area contributed by atoms with Gasteiger partial charge in [0.2, 0.25) is 0 Å². The minimum atomic E-state index is -0.434. The Hall–Kier alpha value is -2.26. The molecule has 2 atom stereocenters. The normalized spacial score (nSPS) is 19.8. The van der Waals surface area contributed by atoms with Crippen LogP contribution < -0.4 is 4.74 Å². The van der Waals surface area contributed by atoms with Gasteiger partial charge in [0.25, 0.3) is 0 Å². The number of rotatable bonds is 9. The molecular weight excluding hydrogens is 372 g/mol. The van der Waals surface area contributed by atoms with E-state index in [9.17, 15) is 10.2 Å². The predicted molar refractivity (Wildman–Crippen MR) is 127 cm³/mol. The molecule has 0 radical (unpaired) electrons. The summed E-state index contributed by atoms with van der Waals surface area (Å²) < 4.78 is 6.28. The molecule has 164 valence electrons. The van der Waals surface area contributed by atoms with E-state index in [2.05, 4.69) is 52.8 Å². The number of phenolic OH excluding ortho intramolecular Hbond substituents is 1. The molecule has 0 spiro atoms. The lowest BCUT2D eigenvalue weighted by Crippen LogP contribution is -2.32. The maximum absolute atomic E-state index is 10.4. The monoisotopic (exact) mass is 410 g/mol. The van der Waals surface area contributed by atoms with E-state index >= 15 is 0 Å². The lowest BCUT2D eigenvalue weighted by molar-refractivity contribution is 0.127. The van der Waals surface area contributed by atoms with Crippen LogP contribution in [-0.2, 0) is 0 Å². The van der Waals surface area contributed by atoms with E-state index in [1.165, 1.54) is 16.7 Å². The molecule has 1 aliphatic rings. The number of allylic oxidation sites excluding steroid dienone is 4. The second-order valence-corrected chi connectivity index (χ2v) is 9.12. The van der Waals surface area contributed by atoms with Crippen LogP contribution in [0, 0.1) is 6.92 Å². The molecular formula is C27H38O3. The Balaban J connectivity index is 1.87. The highest BCUT2D eigenvalue weighted by Crippen LogP contribution is 2.38. The van der Waals surface area contributed by atoms with Crippen LogP contribution in [0.15, 0.2) is 53.2 Å². The lowest BCUT2D eigenvalue weighted by atomic mass is 9.93. The van der Waals surface area contributed by atoms with Crippen molar-refractivity contribution in [3.63, 3.8) is 0 Å². The number of fused-ring (bicyclic) bond motifs is 1. The van der Waals surface area contributed by atoms with Crippen molar-refractivity contribution in [1.82, 2.24) is 0 Å². The van der Waals surface area contributed by atoms with Crippen LogP contribution in [0.25, 0.3) is 6.08 Å². The minimum absolute atomic E-state index is 0.265. The molecule has 1 aromatic rings. The first-order valence-electron chi connectivity index (χ1n) is 10.9. The van der Waals surface area contributed by atoms with Gasteiger partial charge in [0.1, 0.15) is 17.1 Å². The van der Waals surface area contributed by atoms with Crippen LogP contribution in [0.1, 0.15) is 77.8 Å². The van der Waals surface area contributed by atoms with Crippen molar-refractivity contribution in [1.29, 1.82) is 0 Å². The van der Waals surface area contributed by atoms with Crippen LogP contribution >= 0.6 is 0 Å². The average Bonchev–Trinajstić information content (AvgIpc) is 2.62. The molecule has 0 saturated heterocycles. The number of benzene rings is 1. The van der Waals surface area contributed by atoms with E-state index in [0.29, 0.717) is 6.42 Å². The van der Waals surface area contributed by atoms with Gasteiger partial charge in [-0.25, -0.2) is 0 Å². The summed E-state index contributed by atoms with van der Waals surface area (Å²) in [6.45, 7) is 12.4. The second kappa shape index (κ2) is 10.7. The van der Waals surface area contributed by atoms with Crippen molar-refractivity contribution in [3.8, 4) is 11.5 Å². The molecule has 3 nitrogen and oxygen atoms in total. The number of ether oxygens (including phenoxy) is 1. The van der Waals surface area contributed by atoms with Gasteiger partial charge < -0.3 is 14.9 Å². The topological polar surface area (TPSA) is 49.7 Å². The third-order valence-electron chi connectivity index (χ3n) is 5.47. The van der Waals surface area contributed by atoms with Crippen molar-refractivity contribution in [3.05, 3.63) is 64.3 Å². The Bertz CT molecular complexity index is 853. The van der Waals surface area contributed by atoms with Crippen LogP contribution in [-0.4, -0.2) is 21.9 Å². The summed E-state index contributed by atoms with van der Waals surface area (Å²) in [6.07, 6.45) is 14.5. The van der Waals surface area contributed by atoms with Crippen molar-refractivity contribution < 1.29 is 14.9 Å². The van der Waals surface area contributed by atoms with Gasteiger partial charge in [-0.2, -0.15) is 0 Å². The highest BCUT2D eigenvalue weighted by atomic mass is 16.5. The van der Waals surface area contributed by atoms with Crippen LogP contribution in [0.4, 0.5) is 0 Å². The molecule has 0 bridgehead atoms. The quantitative estimate of drug-likeness (QED) is 0.429. The molecule has 0 aromatic heterocycles. The molecule has 0 saturated carbocycles. The first kappa shape index (κ1) is 24.0. The highest BCUT2D eigenvalue weighted by molar-refractivity contribution is 5.65.